The molecule has 0 aliphatic heterocycles. The third-order valence-electron chi connectivity index (χ3n) is 3.67. The molecule has 23 heavy (non-hydrogen) atoms. The molecule has 0 atom stereocenters. The molecule has 0 aliphatic carbocycles. The predicted molar refractivity (Wildman–Crippen MR) is 89.5 cm³/mol. The Hall–Kier alpha value is -2.62. The topological polar surface area (TPSA) is 66.4 Å². The van der Waals surface area contributed by atoms with Crippen molar-refractivity contribution in [2.24, 2.45) is 0 Å². The number of amides is 1. The van der Waals surface area contributed by atoms with Gasteiger partial charge in [0.1, 0.15) is 0 Å². The summed E-state index contributed by atoms with van der Waals surface area (Å²) in [4.78, 5) is 22.9. The molecule has 2 N–H and O–H groups in total. The van der Waals surface area contributed by atoms with Crippen LogP contribution < -0.4 is 5.32 Å². The highest BCUT2D eigenvalue weighted by Crippen LogP contribution is 2.14. The first-order chi connectivity index (χ1) is 11.0. The minimum atomic E-state index is -0.988. The summed E-state index contributed by atoms with van der Waals surface area (Å²) >= 11 is 0. The number of aromatic carboxylic acids is 1. The molecule has 0 saturated heterocycles. The molecular formula is C19H21NO3. The van der Waals surface area contributed by atoms with Crippen molar-refractivity contribution in [3.63, 3.8) is 0 Å². The Bertz CT molecular complexity index is 690. The van der Waals surface area contributed by atoms with Gasteiger partial charge in [0, 0.05) is 6.54 Å². The van der Waals surface area contributed by atoms with E-state index in [0.29, 0.717) is 18.0 Å². The maximum Gasteiger partial charge on any atom is 0.335 e. The molecule has 0 aliphatic rings. The van der Waals surface area contributed by atoms with Gasteiger partial charge in [0.05, 0.1) is 12.0 Å². The number of nitrogens with one attached hydrogen (secondary N) is 1. The molecule has 0 spiro atoms. The van der Waals surface area contributed by atoms with Gasteiger partial charge in [0.2, 0.25) is 5.91 Å². The van der Waals surface area contributed by atoms with Gasteiger partial charge in [-0.1, -0.05) is 50.2 Å². The molecule has 4 nitrogen and oxygen atoms in total. The molecule has 0 heterocycles. The van der Waals surface area contributed by atoms with E-state index in [2.05, 4.69) is 31.3 Å². The lowest BCUT2D eigenvalue weighted by atomic mass is 10.0. The predicted octanol–water partition coefficient (Wildman–Crippen LogP) is 3.37. The highest BCUT2D eigenvalue weighted by Gasteiger charge is 2.07. The average molecular weight is 311 g/mol. The van der Waals surface area contributed by atoms with Crippen LogP contribution in [0, 0.1) is 0 Å². The molecule has 0 radical (unpaired) electrons. The lowest BCUT2D eigenvalue weighted by Crippen LogP contribution is -2.24. The molecule has 2 aromatic carbocycles. The van der Waals surface area contributed by atoms with Crippen LogP contribution in [0.5, 0.6) is 0 Å². The van der Waals surface area contributed by atoms with Gasteiger partial charge in [-0.25, -0.2) is 4.79 Å². The summed E-state index contributed by atoms with van der Waals surface area (Å²) in [5, 5.41) is 11.8. The fourth-order valence-electron chi connectivity index (χ4n) is 2.28. The lowest BCUT2D eigenvalue weighted by molar-refractivity contribution is -0.120. The Balaban J connectivity index is 1.90. The standard InChI is InChI=1S/C19H21NO3/c1-13(2)16-8-6-14(7-9-16)12-20-18(21)11-15-4-3-5-17(10-15)19(22)23/h3-10,13H,11-12H2,1-2H3,(H,20,21)(H,22,23). The number of hydrogen-bond acceptors (Lipinski definition) is 2. The molecular weight excluding hydrogens is 290 g/mol. The molecule has 0 bridgehead atoms. The van der Waals surface area contributed by atoms with Crippen LogP contribution in [0.15, 0.2) is 48.5 Å². The molecule has 4 heteroatoms. The summed E-state index contributed by atoms with van der Waals surface area (Å²) < 4.78 is 0. The Morgan fingerprint density at radius 3 is 2.35 bits per heavy atom. The van der Waals surface area contributed by atoms with E-state index < -0.39 is 5.97 Å². The van der Waals surface area contributed by atoms with Crippen LogP contribution in [0.25, 0.3) is 0 Å². The number of carbonyl (C=O) groups is 2. The van der Waals surface area contributed by atoms with Crippen molar-refractivity contribution in [3.05, 3.63) is 70.8 Å². The third kappa shape index (κ3) is 4.95. The normalized spacial score (nSPS) is 10.6. The Morgan fingerprint density at radius 1 is 1.04 bits per heavy atom. The molecule has 0 fully saturated rings. The zero-order valence-corrected chi connectivity index (χ0v) is 13.4. The summed E-state index contributed by atoms with van der Waals surface area (Å²) in [6.45, 7) is 4.75. The second-order valence-corrected chi connectivity index (χ2v) is 5.86. The van der Waals surface area contributed by atoms with E-state index in [9.17, 15) is 9.59 Å². The summed E-state index contributed by atoms with van der Waals surface area (Å²) in [5.41, 5.74) is 3.20. The van der Waals surface area contributed by atoms with Crippen LogP contribution in [0.4, 0.5) is 0 Å². The molecule has 2 aromatic rings. The first-order valence-electron chi connectivity index (χ1n) is 7.63. The van der Waals surface area contributed by atoms with Crippen LogP contribution in [-0.2, 0) is 17.8 Å². The van der Waals surface area contributed by atoms with Crippen LogP contribution in [0.1, 0.15) is 46.8 Å². The summed E-state index contributed by atoms with van der Waals surface area (Å²) in [7, 11) is 0. The summed E-state index contributed by atoms with van der Waals surface area (Å²) in [6.07, 6.45) is 0.172. The van der Waals surface area contributed by atoms with Crippen molar-refractivity contribution in [2.45, 2.75) is 32.7 Å². The van der Waals surface area contributed by atoms with Crippen molar-refractivity contribution in [2.75, 3.05) is 0 Å². The number of carbonyl (C=O) groups excluding carboxylic acids is 1. The number of rotatable bonds is 6. The second kappa shape index (κ2) is 7.58. The Morgan fingerprint density at radius 2 is 1.74 bits per heavy atom. The molecule has 0 aromatic heterocycles. The highest BCUT2D eigenvalue weighted by atomic mass is 16.4. The summed E-state index contributed by atoms with van der Waals surface area (Å²) in [6, 6.07) is 14.6. The van der Waals surface area contributed by atoms with E-state index in [1.807, 2.05) is 12.1 Å². The van der Waals surface area contributed by atoms with Gasteiger partial charge in [-0.05, 0) is 34.7 Å². The van der Waals surface area contributed by atoms with Crippen molar-refractivity contribution in [1.82, 2.24) is 5.32 Å². The lowest BCUT2D eigenvalue weighted by Gasteiger charge is -2.08. The van der Waals surface area contributed by atoms with Crippen LogP contribution in [-0.4, -0.2) is 17.0 Å². The Kier molecular flexibility index (Phi) is 5.52. The van der Waals surface area contributed by atoms with E-state index in [-0.39, 0.29) is 17.9 Å². The Labute approximate surface area is 136 Å². The zero-order chi connectivity index (χ0) is 16.8. The van der Waals surface area contributed by atoms with Gasteiger partial charge >= 0.3 is 5.97 Å². The number of hydrogen-bond donors (Lipinski definition) is 2. The van der Waals surface area contributed by atoms with Gasteiger partial charge in [-0.15, -0.1) is 0 Å². The highest BCUT2D eigenvalue weighted by molar-refractivity contribution is 5.88. The van der Waals surface area contributed by atoms with E-state index >= 15 is 0 Å². The first kappa shape index (κ1) is 16.7. The van der Waals surface area contributed by atoms with Gasteiger partial charge in [0.25, 0.3) is 0 Å². The largest absolute Gasteiger partial charge is 0.478 e. The first-order valence-corrected chi connectivity index (χ1v) is 7.63. The molecule has 2 rings (SSSR count). The smallest absolute Gasteiger partial charge is 0.335 e. The van der Waals surface area contributed by atoms with Gasteiger partial charge in [0.15, 0.2) is 0 Å². The maximum atomic E-state index is 12.0. The van der Waals surface area contributed by atoms with Crippen LogP contribution in [0.3, 0.4) is 0 Å². The molecule has 0 unspecified atom stereocenters. The fourth-order valence-corrected chi connectivity index (χ4v) is 2.28. The molecule has 0 saturated carbocycles. The van der Waals surface area contributed by atoms with E-state index in [1.165, 1.54) is 17.7 Å². The molecule has 120 valence electrons. The van der Waals surface area contributed by atoms with E-state index in [4.69, 9.17) is 5.11 Å². The van der Waals surface area contributed by atoms with Crippen molar-refractivity contribution in [3.8, 4) is 0 Å². The van der Waals surface area contributed by atoms with Gasteiger partial charge in [-0.2, -0.15) is 0 Å². The monoisotopic (exact) mass is 311 g/mol. The third-order valence-corrected chi connectivity index (χ3v) is 3.67. The van der Waals surface area contributed by atoms with Crippen molar-refractivity contribution >= 4 is 11.9 Å². The molecule has 1 amide bonds. The van der Waals surface area contributed by atoms with E-state index in [0.717, 1.165) is 5.56 Å². The maximum absolute atomic E-state index is 12.0. The minimum Gasteiger partial charge on any atom is -0.478 e. The van der Waals surface area contributed by atoms with Gasteiger partial charge < -0.3 is 10.4 Å². The minimum absolute atomic E-state index is 0.125. The van der Waals surface area contributed by atoms with E-state index in [1.54, 1.807) is 12.1 Å². The average Bonchev–Trinajstić information content (AvgIpc) is 2.53. The fraction of sp³-hybridized carbons (Fsp3) is 0.263. The number of carboxylic acids is 1. The SMILES string of the molecule is CC(C)c1ccc(CNC(=O)Cc2cccc(C(=O)O)c2)cc1. The quantitative estimate of drug-likeness (QED) is 0.859. The number of carboxylic acid groups (broad SMARTS) is 1. The summed E-state index contributed by atoms with van der Waals surface area (Å²) in [5.74, 6) is -0.627. The van der Waals surface area contributed by atoms with Crippen LogP contribution in [0.2, 0.25) is 0 Å². The van der Waals surface area contributed by atoms with Crippen molar-refractivity contribution in [1.29, 1.82) is 0 Å². The zero-order valence-electron chi connectivity index (χ0n) is 13.4. The van der Waals surface area contributed by atoms with Crippen molar-refractivity contribution < 1.29 is 14.7 Å². The van der Waals surface area contributed by atoms with Crippen LogP contribution >= 0.6 is 0 Å². The van der Waals surface area contributed by atoms with Gasteiger partial charge in [-0.3, -0.25) is 4.79 Å². The number of benzene rings is 2. The second-order valence-electron chi connectivity index (χ2n) is 5.86.